The van der Waals surface area contributed by atoms with Crippen LogP contribution in [-0.4, -0.2) is 35.1 Å². The molecule has 0 bridgehead atoms. The van der Waals surface area contributed by atoms with Gasteiger partial charge in [0.05, 0.1) is 5.02 Å². The molecule has 0 unspecified atom stereocenters. The third kappa shape index (κ3) is 3.88. The molecule has 0 aliphatic rings. The average Bonchev–Trinajstić information content (AvgIpc) is 2.48. The molecular weight excluding hydrogens is 295 g/mol. The Balaban J connectivity index is 2.00. The molecule has 1 N–H and O–H groups in total. The summed E-state index contributed by atoms with van der Waals surface area (Å²) in [6.45, 7) is 0.426. The maximum absolute atomic E-state index is 13.0. The van der Waals surface area contributed by atoms with Crippen LogP contribution in [0.2, 0.25) is 5.02 Å². The number of halogens is 2. The van der Waals surface area contributed by atoms with Crippen LogP contribution >= 0.6 is 11.6 Å². The molecule has 0 aliphatic carbocycles. The van der Waals surface area contributed by atoms with Crippen molar-refractivity contribution in [2.75, 3.05) is 19.4 Å². The predicted octanol–water partition coefficient (Wildman–Crippen LogP) is 2.58. The molecule has 0 atom stereocenters. The molecule has 0 radical (unpaired) electrons. The van der Waals surface area contributed by atoms with Gasteiger partial charge in [-0.05, 0) is 29.8 Å². The van der Waals surface area contributed by atoms with Crippen LogP contribution in [0, 0.1) is 5.82 Å². The Morgan fingerprint density at radius 1 is 1.29 bits per heavy atom. The highest BCUT2D eigenvalue weighted by Crippen LogP contribution is 2.16. The van der Waals surface area contributed by atoms with Gasteiger partial charge in [-0.15, -0.1) is 10.2 Å². The van der Waals surface area contributed by atoms with Gasteiger partial charge < -0.3 is 10.2 Å². The Bertz CT molecular complexity index is 646. The fraction of sp³-hybridized carbons (Fsp3) is 0.214. The Morgan fingerprint density at radius 2 is 2.05 bits per heavy atom. The van der Waals surface area contributed by atoms with Crippen LogP contribution < -0.4 is 5.32 Å². The van der Waals surface area contributed by atoms with Gasteiger partial charge in [0.2, 0.25) is 0 Å². The Hall–Kier alpha value is -2.21. The number of aromatic nitrogens is 2. The molecule has 1 aromatic heterocycles. The molecule has 21 heavy (non-hydrogen) atoms. The van der Waals surface area contributed by atoms with Crippen molar-refractivity contribution >= 4 is 23.3 Å². The largest absolute Gasteiger partial charge is 0.365 e. The van der Waals surface area contributed by atoms with Crippen LogP contribution in [0.15, 0.2) is 30.3 Å². The van der Waals surface area contributed by atoms with E-state index < -0.39 is 5.82 Å². The first-order chi connectivity index (χ1) is 9.97. The van der Waals surface area contributed by atoms with Gasteiger partial charge in [0.15, 0.2) is 5.69 Å². The molecule has 0 saturated heterocycles. The van der Waals surface area contributed by atoms with E-state index in [1.807, 2.05) is 0 Å². The van der Waals surface area contributed by atoms with Crippen molar-refractivity contribution in [3.63, 3.8) is 0 Å². The Labute approximate surface area is 126 Å². The number of hydrogen-bond acceptors (Lipinski definition) is 4. The summed E-state index contributed by atoms with van der Waals surface area (Å²) in [7, 11) is 3.29. The smallest absolute Gasteiger partial charge is 0.273 e. The molecule has 5 nitrogen and oxygen atoms in total. The lowest BCUT2D eigenvalue weighted by Crippen LogP contribution is -2.23. The summed E-state index contributed by atoms with van der Waals surface area (Å²) in [6.07, 6.45) is 0. The lowest BCUT2D eigenvalue weighted by Gasteiger charge is -2.09. The van der Waals surface area contributed by atoms with Gasteiger partial charge in [-0.2, -0.15) is 0 Å². The third-order valence-corrected chi connectivity index (χ3v) is 3.04. The highest BCUT2D eigenvalue weighted by Gasteiger charge is 2.10. The number of nitrogens with one attached hydrogen (secondary N) is 1. The van der Waals surface area contributed by atoms with E-state index in [0.717, 1.165) is 5.56 Å². The molecule has 1 heterocycles. The normalized spacial score (nSPS) is 10.3. The SMILES string of the molecule is CN(C)C(=O)c1ccc(NCc2ccc(F)c(Cl)c2)nn1. The zero-order valence-electron chi connectivity index (χ0n) is 11.6. The van der Waals surface area contributed by atoms with Crippen LogP contribution in [0.4, 0.5) is 10.2 Å². The maximum Gasteiger partial charge on any atom is 0.273 e. The lowest BCUT2D eigenvalue weighted by molar-refractivity contribution is 0.0821. The van der Waals surface area contributed by atoms with Gasteiger partial charge in [-0.3, -0.25) is 4.79 Å². The van der Waals surface area contributed by atoms with E-state index in [1.54, 1.807) is 38.4 Å². The van der Waals surface area contributed by atoms with Crippen molar-refractivity contribution in [3.05, 3.63) is 52.4 Å². The first-order valence-electron chi connectivity index (χ1n) is 6.20. The van der Waals surface area contributed by atoms with Crippen molar-refractivity contribution in [2.45, 2.75) is 6.54 Å². The highest BCUT2D eigenvalue weighted by molar-refractivity contribution is 6.30. The number of carbonyl (C=O) groups is 1. The average molecular weight is 309 g/mol. The van der Waals surface area contributed by atoms with Gasteiger partial charge in [0, 0.05) is 20.6 Å². The van der Waals surface area contributed by atoms with Crippen molar-refractivity contribution in [3.8, 4) is 0 Å². The minimum atomic E-state index is -0.452. The van der Waals surface area contributed by atoms with Crippen LogP contribution in [-0.2, 0) is 6.54 Å². The van der Waals surface area contributed by atoms with Crippen LogP contribution in [0.5, 0.6) is 0 Å². The molecule has 2 aromatic rings. The van der Waals surface area contributed by atoms with Gasteiger partial charge in [-0.1, -0.05) is 17.7 Å². The molecule has 1 aromatic carbocycles. The van der Waals surface area contributed by atoms with Crippen LogP contribution in [0.1, 0.15) is 16.1 Å². The van der Waals surface area contributed by atoms with Crippen LogP contribution in [0.25, 0.3) is 0 Å². The van der Waals surface area contributed by atoms with Gasteiger partial charge >= 0.3 is 0 Å². The molecule has 2 rings (SSSR count). The topological polar surface area (TPSA) is 58.1 Å². The first kappa shape index (κ1) is 15.2. The fourth-order valence-electron chi connectivity index (χ4n) is 1.61. The summed E-state index contributed by atoms with van der Waals surface area (Å²) in [4.78, 5) is 13.1. The van der Waals surface area contributed by atoms with Crippen molar-refractivity contribution < 1.29 is 9.18 Å². The minimum Gasteiger partial charge on any atom is -0.365 e. The Morgan fingerprint density at radius 3 is 2.62 bits per heavy atom. The van der Waals surface area contributed by atoms with Gasteiger partial charge in [0.25, 0.3) is 5.91 Å². The molecule has 7 heteroatoms. The zero-order valence-corrected chi connectivity index (χ0v) is 12.4. The monoisotopic (exact) mass is 308 g/mol. The fourth-order valence-corrected chi connectivity index (χ4v) is 1.82. The molecule has 0 aliphatic heterocycles. The van der Waals surface area contributed by atoms with E-state index in [9.17, 15) is 9.18 Å². The summed E-state index contributed by atoms with van der Waals surface area (Å²) in [5.74, 6) is -0.142. The second-order valence-electron chi connectivity index (χ2n) is 4.61. The summed E-state index contributed by atoms with van der Waals surface area (Å²) < 4.78 is 13.0. The number of hydrogen-bond donors (Lipinski definition) is 1. The van der Waals surface area contributed by atoms with E-state index in [4.69, 9.17) is 11.6 Å². The minimum absolute atomic E-state index is 0.0762. The second-order valence-corrected chi connectivity index (χ2v) is 5.01. The number of carbonyl (C=O) groups excluding carboxylic acids is 1. The molecule has 0 fully saturated rings. The predicted molar refractivity (Wildman–Crippen MR) is 78.8 cm³/mol. The maximum atomic E-state index is 13.0. The molecule has 1 amide bonds. The number of benzene rings is 1. The number of anilines is 1. The number of amides is 1. The van der Waals surface area contributed by atoms with Crippen LogP contribution in [0.3, 0.4) is 0 Å². The summed E-state index contributed by atoms with van der Waals surface area (Å²) in [5, 5.41) is 10.9. The zero-order chi connectivity index (χ0) is 15.4. The summed E-state index contributed by atoms with van der Waals surface area (Å²) in [6, 6.07) is 7.74. The quantitative estimate of drug-likeness (QED) is 0.943. The molecule has 0 spiro atoms. The van der Waals surface area contributed by atoms with Crippen molar-refractivity contribution in [1.29, 1.82) is 0 Å². The first-order valence-corrected chi connectivity index (χ1v) is 6.58. The summed E-state index contributed by atoms with van der Waals surface area (Å²) in [5.41, 5.74) is 1.09. The number of rotatable bonds is 4. The summed E-state index contributed by atoms with van der Waals surface area (Å²) >= 11 is 5.71. The Kier molecular flexibility index (Phi) is 4.70. The van der Waals surface area contributed by atoms with E-state index in [2.05, 4.69) is 15.5 Å². The highest BCUT2D eigenvalue weighted by atomic mass is 35.5. The lowest BCUT2D eigenvalue weighted by atomic mass is 10.2. The molecule has 0 saturated carbocycles. The van der Waals surface area contributed by atoms with E-state index in [-0.39, 0.29) is 16.6 Å². The second kappa shape index (κ2) is 6.49. The molecule has 110 valence electrons. The van der Waals surface area contributed by atoms with E-state index >= 15 is 0 Å². The van der Waals surface area contributed by atoms with E-state index in [1.165, 1.54) is 11.0 Å². The third-order valence-electron chi connectivity index (χ3n) is 2.75. The molecular formula is C14H14ClFN4O. The van der Waals surface area contributed by atoms with Crippen molar-refractivity contribution in [2.24, 2.45) is 0 Å². The standard InChI is InChI=1S/C14H14ClFN4O/c1-20(2)14(21)12-5-6-13(19-18-12)17-8-9-3-4-11(16)10(15)7-9/h3-7H,8H2,1-2H3,(H,17,19). The van der Waals surface area contributed by atoms with Crippen molar-refractivity contribution in [1.82, 2.24) is 15.1 Å². The number of nitrogens with zero attached hydrogens (tertiary/aromatic N) is 3. The van der Waals surface area contributed by atoms with Gasteiger partial charge in [-0.25, -0.2) is 4.39 Å². The van der Waals surface area contributed by atoms with E-state index in [0.29, 0.717) is 12.4 Å². The van der Waals surface area contributed by atoms with Gasteiger partial charge in [0.1, 0.15) is 11.6 Å².